The third-order valence-corrected chi connectivity index (χ3v) is 4.12. The molecule has 0 bridgehead atoms. The first-order chi connectivity index (χ1) is 9.09. The standard InChI is InChI=1S/C14H16N2O2S/c1-10-8-19-9-13(10)7-15-6-12-4-3-5-14(11(12)2)16(17)18/h3-5,8-9,15H,6-7H2,1-2H3. The summed E-state index contributed by atoms with van der Waals surface area (Å²) in [6.07, 6.45) is 0. The Balaban J connectivity index is 2.02. The molecule has 19 heavy (non-hydrogen) atoms. The minimum absolute atomic E-state index is 0.186. The summed E-state index contributed by atoms with van der Waals surface area (Å²) >= 11 is 1.69. The van der Waals surface area contributed by atoms with Crippen molar-refractivity contribution in [3.8, 4) is 0 Å². The molecule has 2 rings (SSSR count). The lowest BCUT2D eigenvalue weighted by Crippen LogP contribution is -2.14. The van der Waals surface area contributed by atoms with Gasteiger partial charge in [0.25, 0.3) is 5.69 Å². The highest BCUT2D eigenvalue weighted by Gasteiger charge is 2.12. The Hall–Kier alpha value is -1.72. The topological polar surface area (TPSA) is 55.2 Å². The predicted molar refractivity (Wildman–Crippen MR) is 77.4 cm³/mol. The molecule has 4 nitrogen and oxygen atoms in total. The summed E-state index contributed by atoms with van der Waals surface area (Å²) in [5.41, 5.74) is 4.47. The molecule has 0 atom stereocenters. The molecule has 0 aliphatic rings. The van der Waals surface area contributed by atoms with Gasteiger partial charge >= 0.3 is 0 Å². The Labute approximate surface area is 116 Å². The van der Waals surface area contributed by atoms with Crippen LogP contribution in [0.2, 0.25) is 0 Å². The van der Waals surface area contributed by atoms with Gasteiger partial charge in [-0.3, -0.25) is 10.1 Å². The molecule has 0 spiro atoms. The van der Waals surface area contributed by atoms with E-state index in [2.05, 4.69) is 23.0 Å². The molecule has 0 aliphatic heterocycles. The molecule has 0 saturated carbocycles. The monoisotopic (exact) mass is 276 g/mol. The third kappa shape index (κ3) is 3.19. The maximum absolute atomic E-state index is 10.9. The van der Waals surface area contributed by atoms with E-state index in [9.17, 15) is 10.1 Å². The maximum Gasteiger partial charge on any atom is 0.272 e. The third-order valence-electron chi connectivity index (χ3n) is 3.21. The van der Waals surface area contributed by atoms with E-state index in [0.29, 0.717) is 6.54 Å². The number of rotatable bonds is 5. The number of nitrogens with zero attached hydrogens (tertiary/aromatic N) is 1. The molecule has 0 saturated heterocycles. The van der Waals surface area contributed by atoms with Gasteiger partial charge in [0, 0.05) is 24.7 Å². The fourth-order valence-corrected chi connectivity index (χ4v) is 2.82. The van der Waals surface area contributed by atoms with E-state index in [1.165, 1.54) is 11.1 Å². The normalized spacial score (nSPS) is 10.6. The predicted octanol–water partition coefficient (Wildman–Crippen LogP) is 3.56. The summed E-state index contributed by atoms with van der Waals surface area (Å²) in [5.74, 6) is 0. The van der Waals surface area contributed by atoms with E-state index in [1.807, 2.05) is 6.07 Å². The lowest BCUT2D eigenvalue weighted by molar-refractivity contribution is -0.385. The molecule has 1 N–H and O–H groups in total. The van der Waals surface area contributed by atoms with Gasteiger partial charge in [0.2, 0.25) is 0 Å². The van der Waals surface area contributed by atoms with Gasteiger partial charge in [-0.1, -0.05) is 12.1 Å². The second kappa shape index (κ2) is 5.95. The van der Waals surface area contributed by atoms with E-state index in [1.54, 1.807) is 30.4 Å². The fourth-order valence-electron chi connectivity index (χ4n) is 1.96. The lowest BCUT2D eigenvalue weighted by atomic mass is 10.1. The van der Waals surface area contributed by atoms with E-state index in [4.69, 9.17) is 0 Å². The van der Waals surface area contributed by atoms with Gasteiger partial charge in [-0.15, -0.1) is 0 Å². The van der Waals surface area contributed by atoms with Crippen LogP contribution in [0.15, 0.2) is 29.0 Å². The summed E-state index contributed by atoms with van der Waals surface area (Å²) in [5, 5.41) is 18.4. The highest BCUT2D eigenvalue weighted by molar-refractivity contribution is 7.08. The second-order valence-electron chi connectivity index (χ2n) is 4.50. The van der Waals surface area contributed by atoms with Gasteiger partial charge < -0.3 is 5.32 Å². The van der Waals surface area contributed by atoms with Crippen LogP contribution in [0.1, 0.15) is 22.3 Å². The number of hydrogen-bond acceptors (Lipinski definition) is 4. The SMILES string of the molecule is Cc1cscc1CNCc1cccc([N+](=O)[O-])c1C. The zero-order chi connectivity index (χ0) is 13.8. The van der Waals surface area contributed by atoms with Gasteiger partial charge in [0.05, 0.1) is 4.92 Å². The van der Waals surface area contributed by atoms with E-state index in [0.717, 1.165) is 17.7 Å². The van der Waals surface area contributed by atoms with Crippen LogP contribution >= 0.6 is 11.3 Å². The molecule has 100 valence electrons. The van der Waals surface area contributed by atoms with Crippen molar-refractivity contribution in [1.82, 2.24) is 5.32 Å². The Bertz CT molecular complexity index is 593. The van der Waals surface area contributed by atoms with Gasteiger partial charge in [-0.25, -0.2) is 0 Å². The van der Waals surface area contributed by atoms with Crippen molar-refractivity contribution in [3.63, 3.8) is 0 Å². The Morgan fingerprint density at radius 2 is 1.95 bits per heavy atom. The number of nitro benzene ring substituents is 1. The van der Waals surface area contributed by atoms with Crippen molar-refractivity contribution in [3.05, 3.63) is 61.3 Å². The lowest BCUT2D eigenvalue weighted by Gasteiger charge is -2.08. The second-order valence-corrected chi connectivity index (χ2v) is 5.25. The molecular weight excluding hydrogens is 260 g/mol. The molecule has 0 fully saturated rings. The summed E-state index contributed by atoms with van der Waals surface area (Å²) in [7, 11) is 0. The Morgan fingerprint density at radius 1 is 1.21 bits per heavy atom. The molecule has 1 heterocycles. The van der Waals surface area contributed by atoms with Crippen molar-refractivity contribution in [2.75, 3.05) is 0 Å². The van der Waals surface area contributed by atoms with Crippen molar-refractivity contribution >= 4 is 17.0 Å². The number of benzene rings is 1. The molecule has 0 unspecified atom stereocenters. The van der Waals surface area contributed by atoms with Crippen LogP contribution in [-0.4, -0.2) is 4.92 Å². The zero-order valence-electron chi connectivity index (χ0n) is 11.0. The first-order valence-electron chi connectivity index (χ1n) is 6.05. The van der Waals surface area contributed by atoms with Crippen molar-refractivity contribution < 1.29 is 4.92 Å². The van der Waals surface area contributed by atoms with Crippen LogP contribution in [0.5, 0.6) is 0 Å². The zero-order valence-corrected chi connectivity index (χ0v) is 11.8. The molecule has 5 heteroatoms. The van der Waals surface area contributed by atoms with Crippen LogP contribution in [0.25, 0.3) is 0 Å². The minimum atomic E-state index is -0.331. The average molecular weight is 276 g/mol. The molecule has 1 aromatic carbocycles. The summed E-state index contributed by atoms with van der Waals surface area (Å²) < 4.78 is 0. The van der Waals surface area contributed by atoms with Crippen LogP contribution in [0.4, 0.5) is 5.69 Å². The smallest absolute Gasteiger partial charge is 0.272 e. The highest BCUT2D eigenvalue weighted by Crippen LogP contribution is 2.21. The van der Waals surface area contributed by atoms with E-state index in [-0.39, 0.29) is 10.6 Å². The largest absolute Gasteiger partial charge is 0.309 e. The fraction of sp³-hybridized carbons (Fsp3) is 0.286. The van der Waals surface area contributed by atoms with Gasteiger partial charge in [-0.05, 0) is 41.3 Å². The molecule has 0 radical (unpaired) electrons. The number of thiophene rings is 1. The van der Waals surface area contributed by atoms with Gasteiger partial charge in [0.1, 0.15) is 0 Å². The molecule has 0 aliphatic carbocycles. The van der Waals surface area contributed by atoms with Crippen molar-refractivity contribution in [1.29, 1.82) is 0 Å². The summed E-state index contributed by atoms with van der Waals surface area (Å²) in [6, 6.07) is 5.20. The number of hydrogen-bond donors (Lipinski definition) is 1. The summed E-state index contributed by atoms with van der Waals surface area (Å²) in [6.45, 7) is 5.32. The van der Waals surface area contributed by atoms with Crippen LogP contribution in [0.3, 0.4) is 0 Å². The summed E-state index contributed by atoms with van der Waals surface area (Å²) in [4.78, 5) is 10.5. The maximum atomic E-state index is 10.9. The molecule has 1 aromatic heterocycles. The van der Waals surface area contributed by atoms with Crippen LogP contribution in [0, 0.1) is 24.0 Å². The van der Waals surface area contributed by atoms with E-state index >= 15 is 0 Å². The van der Waals surface area contributed by atoms with E-state index < -0.39 is 0 Å². The Morgan fingerprint density at radius 3 is 2.58 bits per heavy atom. The van der Waals surface area contributed by atoms with Crippen molar-refractivity contribution in [2.24, 2.45) is 0 Å². The minimum Gasteiger partial charge on any atom is -0.309 e. The first-order valence-corrected chi connectivity index (χ1v) is 6.99. The van der Waals surface area contributed by atoms with Gasteiger partial charge in [0.15, 0.2) is 0 Å². The number of nitrogens with one attached hydrogen (secondary N) is 1. The molecular formula is C14H16N2O2S. The number of nitro groups is 1. The van der Waals surface area contributed by atoms with Crippen molar-refractivity contribution in [2.45, 2.75) is 26.9 Å². The average Bonchev–Trinajstić information content (AvgIpc) is 2.77. The van der Waals surface area contributed by atoms with Crippen LogP contribution in [-0.2, 0) is 13.1 Å². The quantitative estimate of drug-likeness (QED) is 0.671. The first kappa shape index (κ1) is 13.7. The highest BCUT2D eigenvalue weighted by atomic mass is 32.1. The number of aryl methyl sites for hydroxylation is 1. The van der Waals surface area contributed by atoms with Gasteiger partial charge in [-0.2, -0.15) is 11.3 Å². The van der Waals surface area contributed by atoms with Crippen LogP contribution < -0.4 is 5.32 Å². The molecule has 2 aromatic rings. The molecule has 0 amide bonds. The Kier molecular flexibility index (Phi) is 4.29.